The number of carbonyl (C=O) groups excluding carboxylic acids is 1. The van der Waals surface area contributed by atoms with Crippen molar-refractivity contribution < 1.29 is 4.79 Å². The predicted molar refractivity (Wildman–Crippen MR) is 88.3 cm³/mol. The van der Waals surface area contributed by atoms with Crippen molar-refractivity contribution in [2.75, 3.05) is 11.9 Å². The fraction of sp³-hybridized carbons (Fsp3) is 0.294. The second-order valence-electron chi connectivity index (χ2n) is 5.08. The SMILES string of the molecule is CCCCCNC(=O)c1ccc(Nc2ccc(C#N)cc2)nn1. The van der Waals surface area contributed by atoms with E-state index in [9.17, 15) is 4.79 Å². The van der Waals surface area contributed by atoms with Crippen LogP contribution in [0.15, 0.2) is 36.4 Å². The van der Waals surface area contributed by atoms with Gasteiger partial charge in [0.25, 0.3) is 5.91 Å². The first-order valence-corrected chi connectivity index (χ1v) is 7.62. The highest BCUT2D eigenvalue weighted by molar-refractivity contribution is 5.92. The number of benzene rings is 1. The second kappa shape index (κ2) is 8.49. The van der Waals surface area contributed by atoms with Crippen molar-refractivity contribution in [1.82, 2.24) is 15.5 Å². The average molecular weight is 309 g/mol. The van der Waals surface area contributed by atoms with E-state index in [1.54, 1.807) is 36.4 Å². The molecular formula is C17H19N5O. The molecule has 6 heteroatoms. The highest BCUT2D eigenvalue weighted by Gasteiger charge is 2.07. The summed E-state index contributed by atoms with van der Waals surface area (Å²) in [6, 6.07) is 12.4. The summed E-state index contributed by atoms with van der Waals surface area (Å²) in [6.45, 7) is 2.77. The second-order valence-corrected chi connectivity index (χ2v) is 5.08. The topological polar surface area (TPSA) is 90.7 Å². The van der Waals surface area contributed by atoms with Gasteiger partial charge in [0.1, 0.15) is 0 Å². The Morgan fingerprint density at radius 2 is 1.91 bits per heavy atom. The number of anilines is 2. The van der Waals surface area contributed by atoms with Gasteiger partial charge in [-0.15, -0.1) is 10.2 Å². The normalized spacial score (nSPS) is 9.91. The van der Waals surface area contributed by atoms with E-state index in [1.807, 2.05) is 0 Å². The van der Waals surface area contributed by atoms with E-state index >= 15 is 0 Å². The molecule has 0 radical (unpaired) electrons. The summed E-state index contributed by atoms with van der Waals surface area (Å²) in [5.41, 5.74) is 1.69. The summed E-state index contributed by atoms with van der Waals surface area (Å²) >= 11 is 0. The van der Waals surface area contributed by atoms with E-state index < -0.39 is 0 Å². The number of nitrogens with zero attached hydrogens (tertiary/aromatic N) is 3. The molecule has 0 atom stereocenters. The average Bonchev–Trinajstić information content (AvgIpc) is 2.60. The zero-order valence-electron chi connectivity index (χ0n) is 13.0. The summed E-state index contributed by atoms with van der Waals surface area (Å²) in [5, 5.41) is 22.6. The van der Waals surface area contributed by atoms with Crippen molar-refractivity contribution in [3.8, 4) is 6.07 Å². The third-order valence-corrected chi connectivity index (χ3v) is 3.25. The van der Waals surface area contributed by atoms with Crippen LogP contribution in [-0.4, -0.2) is 22.6 Å². The van der Waals surface area contributed by atoms with Crippen molar-refractivity contribution in [2.24, 2.45) is 0 Å². The number of unbranched alkanes of at least 4 members (excludes halogenated alkanes) is 2. The van der Waals surface area contributed by atoms with Crippen molar-refractivity contribution >= 4 is 17.4 Å². The van der Waals surface area contributed by atoms with Crippen LogP contribution in [0.3, 0.4) is 0 Å². The van der Waals surface area contributed by atoms with Crippen LogP contribution in [0.4, 0.5) is 11.5 Å². The minimum absolute atomic E-state index is 0.210. The largest absolute Gasteiger partial charge is 0.351 e. The minimum atomic E-state index is -0.210. The summed E-state index contributed by atoms with van der Waals surface area (Å²) in [4.78, 5) is 11.9. The van der Waals surface area contributed by atoms with Crippen LogP contribution in [0.1, 0.15) is 42.2 Å². The van der Waals surface area contributed by atoms with Gasteiger partial charge in [-0.3, -0.25) is 4.79 Å². The molecule has 0 aliphatic carbocycles. The molecule has 118 valence electrons. The first-order chi connectivity index (χ1) is 11.2. The number of carbonyl (C=O) groups is 1. The Kier molecular flexibility index (Phi) is 6.07. The Morgan fingerprint density at radius 1 is 1.13 bits per heavy atom. The Balaban J connectivity index is 1.90. The molecule has 1 amide bonds. The van der Waals surface area contributed by atoms with Crippen molar-refractivity contribution in [3.05, 3.63) is 47.7 Å². The molecule has 0 saturated heterocycles. The third-order valence-electron chi connectivity index (χ3n) is 3.25. The van der Waals surface area contributed by atoms with E-state index in [4.69, 9.17) is 5.26 Å². The summed E-state index contributed by atoms with van der Waals surface area (Å²) in [5.74, 6) is 0.329. The number of amides is 1. The quantitative estimate of drug-likeness (QED) is 0.767. The fourth-order valence-electron chi connectivity index (χ4n) is 1.96. The third kappa shape index (κ3) is 5.08. The van der Waals surface area contributed by atoms with Gasteiger partial charge < -0.3 is 10.6 Å². The van der Waals surface area contributed by atoms with E-state index in [0.717, 1.165) is 24.9 Å². The van der Waals surface area contributed by atoms with Gasteiger partial charge in [0, 0.05) is 12.2 Å². The zero-order valence-corrected chi connectivity index (χ0v) is 13.0. The molecular weight excluding hydrogens is 290 g/mol. The van der Waals surface area contributed by atoms with Gasteiger partial charge in [-0.25, -0.2) is 0 Å². The highest BCUT2D eigenvalue weighted by atomic mass is 16.1. The molecule has 0 bridgehead atoms. The van der Waals surface area contributed by atoms with Crippen molar-refractivity contribution in [1.29, 1.82) is 5.26 Å². The van der Waals surface area contributed by atoms with E-state index in [2.05, 4.69) is 33.8 Å². The van der Waals surface area contributed by atoms with Gasteiger partial charge in [-0.1, -0.05) is 19.8 Å². The lowest BCUT2D eigenvalue weighted by Gasteiger charge is -2.06. The predicted octanol–water partition coefficient (Wildman–Crippen LogP) is 3.01. The maximum absolute atomic E-state index is 11.9. The first-order valence-electron chi connectivity index (χ1n) is 7.62. The molecule has 0 fully saturated rings. The van der Waals surface area contributed by atoms with Crippen LogP contribution in [0.5, 0.6) is 0 Å². The number of hydrogen-bond acceptors (Lipinski definition) is 5. The summed E-state index contributed by atoms with van der Waals surface area (Å²) < 4.78 is 0. The smallest absolute Gasteiger partial charge is 0.271 e. The lowest BCUT2D eigenvalue weighted by atomic mass is 10.2. The molecule has 2 rings (SSSR count). The maximum atomic E-state index is 11.9. The molecule has 1 heterocycles. The molecule has 2 aromatic rings. The first kappa shape index (κ1) is 16.4. The van der Waals surface area contributed by atoms with Gasteiger partial charge in [-0.05, 0) is 42.8 Å². The van der Waals surface area contributed by atoms with Gasteiger partial charge >= 0.3 is 0 Å². The van der Waals surface area contributed by atoms with Crippen LogP contribution in [0.25, 0.3) is 0 Å². The van der Waals surface area contributed by atoms with Crippen LogP contribution in [-0.2, 0) is 0 Å². The van der Waals surface area contributed by atoms with Crippen LogP contribution in [0.2, 0.25) is 0 Å². The fourth-order valence-corrected chi connectivity index (χ4v) is 1.96. The van der Waals surface area contributed by atoms with Crippen LogP contribution >= 0.6 is 0 Å². The highest BCUT2D eigenvalue weighted by Crippen LogP contribution is 2.14. The minimum Gasteiger partial charge on any atom is -0.351 e. The molecule has 0 saturated carbocycles. The van der Waals surface area contributed by atoms with E-state index in [1.165, 1.54) is 0 Å². The number of aromatic nitrogens is 2. The van der Waals surface area contributed by atoms with Gasteiger partial charge in [0.15, 0.2) is 11.5 Å². The molecule has 1 aromatic carbocycles. The molecule has 0 aliphatic rings. The van der Waals surface area contributed by atoms with E-state index in [-0.39, 0.29) is 5.91 Å². The molecule has 0 aliphatic heterocycles. The Hall–Kier alpha value is -2.94. The lowest BCUT2D eigenvalue weighted by molar-refractivity contribution is 0.0947. The number of nitrogens with one attached hydrogen (secondary N) is 2. The zero-order chi connectivity index (χ0) is 16.5. The summed E-state index contributed by atoms with van der Waals surface area (Å²) in [6.07, 6.45) is 3.18. The molecule has 1 aromatic heterocycles. The molecule has 0 spiro atoms. The van der Waals surface area contributed by atoms with Gasteiger partial charge in [0.05, 0.1) is 11.6 Å². The maximum Gasteiger partial charge on any atom is 0.271 e. The van der Waals surface area contributed by atoms with Crippen LogP contribution in [0, 0.1) is 11.3 Å². The monoisotopic (exact) mass is 309 g/mol. The lowest BCUT2D eigenvalue weighted by Crippen LogP contribution is -2.25. The van der Waals surface area contributed by atoms with Gasteiger partial charge in [-0.2, -0.15) is 5.26 Å². The van der Waals surface area contributed by atoms with Crippen LogP contribution < -0.4 is 10.6 Å². The molecule has 6 nitrogen and oxygen atoms in total. The molecule has 2 N–H and O–H groups in total. The number of nitriles is 1. The van der Waals surface area contributed by atoms with Gasteiger partial charge in [0.2, 0.25) is 0 Å². The van der Waals surface area contributed by atoms with Crippen molar-refractivity contribution in [3.63, 3.8) is 0 Å². The summed E-state index contributed by atoms with van der Waals surface area (Å²) in [7, 11) is 0. The standard InChI is InChI=1S/C17H19N5O/c1-2-3-4-11-19-17(23)15-9-10-16(22-21-15)20-14-7-5-13(12-18)6-8-14/h5-10H,2-4,11H2,1H3,(H,19,23)(H,20,22). The number of rotatable bonds is 7. The number of hydrogen-bond donors (Lipinski definition) is 2. The Bertz CT molecular complexity index is 674. The van der Waals surface area contributed by atoms with E-state index in [0.29, 0.717) is 23.6 Å². The Labute approximate surface area is 135 Å². The molecule has 23 heavy (non-hydrogen) atoms. The Morgan fingerprint density at radius 3 is 2.52 bits per heavy atom. The van der Waals surface area contributed by atoms with Crippen molar-refractivity contribution in [2.45, 2.75) is 26.2 Å². The molecule has 0 unspecified atom stereocenters.